The molecule has 2 heterocycles. The molecule has 38 heavy (non-hydrogen) atoms. The van der Waals surface area contributed by atoms with Crippen molar-refractivity contribution >= 4 is 56.1 Å². The van der Waals surface area contributed by atoms with Crippen LogP contribution in [0.15, 0.2) is 109 Å². The van der Waals surface area contributed by atoms with E-state index in [0.29, 0.717) is 33.6 Å². The Kier molecular flexibility index (Phi) is 4.97. The number of aromatic nitrogens is 2. The van der Waals surface area contributed by atoms with Crippen molar-refractivity contribution in [2.75, 3.05) is 10.6 Å². The highest BCUT2D eigenvalue weighted by Gasteiger charge is 2.33. The first-order valence-corrected chi connectivity index (χ1v) is 12.2. The number of carbonyl (C=O) groups is 2. The average Bonchev–Trinajstić information content (AvgIpc) is 2.95. The van der Waals surface area contributed by atoms with Crippen molar-refractivity contribution in [3.05, 3.63) is 132 Å². The maximum Gasteiger partial charge on any atom is 0.198 e. The number of pyridine rings is 2. The molecule has 6 heteroatoms. The molecule has 0 unspecified atom stereocenters. The number of nitrogens with one attached hydrogen (secondary N) is 2. The van der Waals surface area contributed by atoms with E-state index in [2.05, 4.69) is 20.6 Å². The molecule has 0 fully saturated rings. The Morgan fingerprint density at radius 1 is 0.500 bits per heavy atom. The van der Waals surface area contributed by atoms with Crippen molar-refractivity contribution < 1.29 is 9.59 Å². The summed E-state index contributed by atoms with van der Waals surface area (Å²) in [7, 11) is 0. The first kappa shape index (κ1) is 21.9. The molecule has 180 valence electrons. The van der Waals surface area contributed by atoms with Crippen LogP contribution in [0.25, 0.3) is 21.8 Å². The normalized spacial score (nSPS) is 12.3. The number of benzene rings is 4. The smallest absolute Gasteiger partial charge is 0.198 e. The van der Waals surface area contributed by atoms with Crippen molar-refractivity contribution in [2.45, 2.75) is 0 Å². The standard InChI is InChI=1S/C32H20N4O2/c37-31-23-9-5-13-27(35-21-15-19-7-1-3-11-25(19)33-17-21)29(23)32(38)30-24(31)10-6-14-28(30)36-22-16-20-8-2-4-12-26(20)34-18-22/h1-18,35-36H. The lowest BCUT2D eigenvalue weighted by atomic mass is 9.82. The second-order valence-corrected chi connectivity index (χ2v) is 9.20. The lowest BCUT2D eigenvalue weighted by Crippen LogP contribution is -2.23. The van der Waals surface area contributed by atoms with Gasteiger partial charge in [-0.15, -0.1) is 0 Å². The first-order valence-electron chi connectivity index (χ1n) is 12.2. The first-order chi connectivity index (χ1) is 18.7. The molecule has 7 rings (SSSR count). The van der Waals surface area contributed by atoms with E-state index >= 15 is 0 Å². The minimum Gasteiger partial charge on any atom is -0.354 e. The molecule has 0 spiro atoms. The molecule has 0 amide bonds. The van der Waals surface area contributed by atoms with E-state index in [0.717, 1.165) is 33.2 Å². The van der Waals surface area contributed by atoms with Crippen LogP contribution in [0.3, 0.4) is 0 Å². The summed E-state index contributed by atoms with van der Waals surface area (Å²) in [6.45, 7) is 0. The summed E-state index contributed by atoms with van der Waals surface area (Å²) >= 11 is 0. The molecule has 6 aromatic rings. The van der Waals surface area contributed by atoms with Crippen LogP contribution in [0.5, 0.6) is 0 Å². The van der Waals surface area contributed by atoms with Crippen molar-refractivity contribution in [2.24, 2.45) is 0 Å². The maximum absolute atomic E-state index is 14.0. The Labute approximate surface area is 218 Å². The van der Waals surface area contributed by atoms with Gasteiger partial charge in [-0.3, -0.25) is 19.6 Å². The fraction of sp³-hybridized carbons (Fsp3) is 0. The van der Waals surface area contributed by atoms with Gasteiger partial charge in [0.2, 0.25) is 0 Å². The van der Waals surface area contributed by atoms with Gasteiger partial charge in [0.15, 0.2) is 11.6 Å². The number of anilines is 4. The monoisotopic (exact) mass is 492 g/mol. The minimum atomic E-state index is -0.219. The summed E-state index contributed by atoms with van der Waals surface area (Å²) in [6, 6.07) is 30.2. The van der Waals surface area contributed by atoms with Gasteiger partial charge in [0.25, 0.3) is 0 Å². The quantitative estimate of drug-likeness (QED) is 0.274. The summed E-state index contributed by atoms with van der Waals surface area (Å²) in [5.74, 6) is -0.404. The largest absolute Gasteiger partial charge is 0.354 e. The van der Waals surface area contributed by atoms with Crippen LogP contribution in [0.4, 0.5) is 22.7 Å². The van der Waals surface area contributed by atoms with E-state index in [4.69, 9.17) is 0 Å². The molecule has 6 nitrogen and oxygen atoms in total. The van der Waals surface area contributed by atoms with Crippen LogP contribution >= 0.6 is 0 Å². The zero-order valence-corrected chi connectivity index (χ0v) is 20.1. The molecule has 2 aromatic heterocycles. The molecule has 0 saturated heterocycles. The molecule has 0 radical (unpaired) electrons. The number of rotatable bonds is 4. The van der Waals surface area contributed by atoms with Gasteiger partial charge in [0.05, 0.1) is 57.3 Å². The van der Waals surface area contributed by atoms with Gasteiger partial charge in [0.1, 0.15) is 0 Å². The summed E-state index contributed by atoms with van der Waals surface area (Å²) in [5.41, 5.74) is 5.81. The van der Waals surface area contributed by atoms with E-state index in [1.54, 1.807) is 36.7 Å². The summed E-state index contributed by atoms with van der Waals surface area (Å²) in [6.07, 6.45) is 3.45. The molecule has 0 saturated carbocycles. The molecule has 0 bridgehead atoms. The molecule has 0 atom stereocenters. The van der Waals surface area contributed by atoms with Crippen LogP contribution < -0.4 is 10.6 Å². The van der Waals surface area contributed by atoms with E-state index < -0.39 is 0 Å². The average molecular weight is 493 g/mol. The van der Waals surface area contributed by atoms with Crippen LogP contribution in [-0.4, -0.2) is 21.5 Å². The van der Waals surface area contributed by atoms with Crippen LogP contribution in [-0.2, 0) is 0 Å². The van der Waals surface area contributed by atoms with Gasteiger partial charge >= 0.3 is 0 Å². The fourth-order valence-electron chi connectivity index (χ4n) is 5.04. The number of fused-ring (bicyclic) bond motifs is 4. The van der Waals surface area contributed by atoms with Crippen LogP contribution in [0.2, 0.25) is 0 Å². The molecule has 0 aliphatic heterocycles. The summed E-state index contributed by atoms with van der Waals surface area (Å²) in [4.78, 5) is 36.6. The predicted octanol–water partition coefficient (Wildman–Crippen LogP) is 7.05. The highest BCUT2D eigenvalue weighted by molar-refractivity contribution is 6.32. The van der Waals surface area contributed by atoms with Gasteiger partial charge in [-0.2, -0.15) is 0 Å². The van der Waals surface area contributed by atoms with Gasteiger partial charge in [-0.25, -0.2) is 0 Å². The lowest BCUT2D eigenvalue weighted by molar-refractivity contribution is 0.0980. The zero-order valence-electron chi connectivity index (χ0n) is 20.1. The Morgan fingerprint density at radius 2 is 0.974 bits per heavy atom. The fourth-order valence-corrected chi connectivity index (χ4v) is 5.04. The molecular formula is C32H20N4O2. The molecule has 2 N–H and O–H groups in total. The second kappa shape index (κ2) is 8.64. The van der Waals surface area contributed by atoms with Crippen LogP contribution in [0.1, 0.15) is 31.8 Å². The van der Waals surface area contributed by atoms with E-state index in [1.165, 1.54) is 0 Å². The van der Waals surface area contributed by atoms with Gasteiger partial charge < -0.3 is 10.6 Å². The van der Waals surface area contributed by atoms with Gasteiger partial charge in [0, 0.05) is 21.9 Å². The van der Waals surface area contributed by atoms with Crippen LogP contribution in [0, 0.1) is 0 Å². The molecule has 4 aromatic carbocycles. The number of hydrogen-bond donors (Lipinski definition) is 2. The third-order valence-electron chi connectivity index (χ3n) is 6.81. The van der Waals surface area contributed by atoms with Crippen molar-refractivity contribution in [3.8, 4) is 0 Å². The zero-order chi connectivity index (χ0) is 25.6. The van der Waals surface area contributed by atoms with Gasteiger partial charge in [-0.1, -0.05) is 60.7 Å². The molecule has 1 aliphatic rings. The number of hydrogen-bond acceptors (Lipinski definition) is 6. The number of nitrogens with zero attached hydrogens (tertiary/aromatic N) is 2. The third-order valence-corrected chi connectivity index (χ3v) is 6.81. The Balaban J connectivity index is 1.30. The van der Waals surface area contributed by atoms with Crippen molar-refractivity contribution in [3.63, 3.8) is 0 Å². The number of ketones is 2. The molecule has 1 aliphatic carbocycles. The van der Waals surface area contributed by atoms with E-state index in [9.17, 15) is 9.59 Å². The Morgan fingerprint density at radius 3 is 1.47 bits per heavy atom. The minimum absolute atomic E-state index is 0.185. The van der Waals surface area contributed by atoms with Crippen molar-refractivity contribution in [1.29, 1.82) is 0 Å². The maximum atomic E-state index is 14.0. The molecular weight excluding hydrogens is 472 g/mol. The Hall–Kier alpha value is -5.36. The Bertz CT molecular complexity index is 1790. The highest BCUT2D eigenvalue weighted by Crippen LogP contribution is 2.37. The second-order valence-electron chi connectivity index (χ2n) is 9.20. The van der Waals surface area contributed by atoms with E-state index in [-0.39, 0.29) is 11.6 Å². The topological polar surface area (TPSA) is 84.0 Å². The third kappa shape index (κ3) is 3.59. The number of para-hydroxylation sites is 2. The summed E-state index contributed by atoms with van der Waals surface area (Å²) < 4.78 is 0. The lowest BCUT2D eigenvalue weighted by Gasteiger charge is -2.23. The van der Waals surface area contributed by atoms with Crippen molar-refractivity contribution in [1.82, 2.24) is 9.97 Å². The van der Waals surface area contributed by atoms with E-state index in [1.807, 2.05) is 72.8 Å². The SMILES string of the molecule is O=C1c2cccc(Nc3cnc4ccccc4c3)c2C(=O)c2c(Nc3cnc4ccccc4c3)cccc21. The number of carbonyl (C=O) groups excluding carboxylic acids is 2. The highest BCUT2D eigenvalue weighted by atomic mass is 16.1. The predicted molar refractivity (Wildman–Crippen MR) is 150 cm³/mol. The summed E-state index contributed by atoms with van der Waals surface area (Å²) in [5, 5.41) is 8.61. The van der Waals surface area contributed by atoms with Gasteiger partial charge in [-0.05, 0) is 36.4 Å².